The molecule has 5 nitrogen and oxygen atoms in total. The lowest BCUT2D eigenvalue weighted by atomic mass is 10.1. The summed E-state index contributed by atoms with van der Waals surface area (Å²) in [5.41, 5.74) is -0.0283. The third-order valence-corrected chi connectivity index (χ3v) is 4.85. The first kappa shape index (κ1) is 23.6. The predicted molar refractivity (Wildman–Crippen MR) is 113 cm³/mol. The van der Waals surface area contributed by atoms with Gasteiger partial charge in [-0.25, -0.2) is 4.98 Å². The van der Waals surface area contributed by atoms with E-state index < -0.39 is 16.8 Å². The normalized spacial score (nSPS) is 19.2. The lowest BCUT2D eigenvalue weighted by molar-refractivity contribution is -0.0886. The fourth-order valence-corrected chi connectivity index (χ4v) is 3.22. The second-order valence-corrected chi connectivity index (χ2v) is 7.36. The van der Waals surface area contributed by atoms with E-state index >= 15 is 0 Å². The Morgan fingerprint density at radius 3 is 2.72 bits per heavy atom. The van der Waals surface area contributed by atoms with Crippen LogP contribution in [0.2, 0.25) is 5.28 Å². The van der Waals surface area contributed by atoms with Crippen LogP contribution >= 0.6 is 23.2 Å². The summed E-state index contributed by atoms with van der Waals surface area (Å²) < 4.78 is 51.2. The van der Waals surface area contributed by atoms with Crippen LogP contribution in [0.1, 0.15) is 24.0 Å². The van der Waals surface area contributed by atoms with Crippen molar-refractivity contribution < 1.29 is 22.6 Å². The molecule has 1 aliphatic rings. The zero-order valence-corrected chi connectivity index (χ0v) is 18.0. The first-order chi connectivity index (χ1) is 15.3. The van der Waals surface area contributed by atoms with Gasteiger partial charge < -0.3 is 9.47 Å². The minimum absolute atomic E-state index is 0.0630. The number of benzene rings is 1. The van der Waals surface area contributed by atoms with Crippen LogP contribution in [0.25, 0.3) is 0 Å². The molecule has 32 heavy (non-hydrogen) atoms. The fraction of sp³-hybridized carbons (Fsp3) is 0.227. The minimum Gasteiger partial charge on any atom is -0.477 e. The van der Waals surface area contributed by atoms with Crippen LogP contribution in [-0.2, 0) is 6.42 Å². The van der Waals surface area contributed by atoms with Gasteiger partial charge >= 0.3 is 6.18 Å². The molecule has 0 bridgehead atoms. The van der Waals surface area contributed by atoms with Gasteiger partial charge in [-0.1, -0.05) is 23.7 Å². The summed E-state index contributed by atoms with van der Waals surface area (Å²) in [5, 5.41) is 9.15. The molecule has 0 unspecified atom stereocenters. The molecule has 0 N–H and O–H groups in total. The van der Waals surface area contributed by atoms with Crippen LogP contribution in [0.4, 0.5) is 13.2 Å². The van der Waals surface area contributed by atoms with Crippen molar-refractivity contribution >= 4 is 23.2 Å². The minimum atomic E-state index is -4.64. The summed E-state index contributed by atoms with van der Waals surface area (Å²) >= 11 is 11.5. The van der Waals surface area contributed by atoms with Crippen molar-refractivity contribution in [1.29, 1.82) is 5.26 Å². The third-order valence-electron chi connectivity index (χ3n) is 4.34. The van der Waals surface area contributed by atoms with Gasteiger partial charge in [0.1, 0.15) is 17.6 Å². The Hall–Kier alpha value is -3.02. The summed E-state index contributed by atoms with van der Waals surface area (Å²) in [6.07, 6.45) is 1.61. The molecule has 1 aromatic heterocycles. The molecular weight excluding hydrogens is 466 g/mol. The highest BCUT2D eigenvalue weighted by atomic mass is 35.5. The molecule has 166 valence electrons. The Balaban J connectivity index is 1.74. The molecule has 0 atom stereocenters. The van der Waals surface area contributed by atoms with Gasteiger partial charge in [-0.3, -0.25) is 0 Å². The van der Waals surface area contributed by atoms with Gasteiger partial charge in [0, 0.05) is 25.1 Å². The largest absolute Gasteiger partial charge is 0.477 e. The van der Waals surface area contributed by atoms with Crippen LogP contribution in [0.5, 0.6) is 11.6 Å². The predicted octanol–water partition coefficient (Wildman–Crippen LogP) is 6.29. The van der Waals surface area contributed by atoms with Crippen molar-refractivity contribution in [2.45, 2.75) is 25.4 Å². The fourth-order valence-electron chi connectivity index (χ4n) is 2.83. The van der Waals surface area contributed by atoms with Crippen LogP contribution in [-0.4, -0.2) is 22.8 Å². The highest BCUT2D eigenvalue weighted by Gasteiger charge is 2.35. The van der Waals surface area contributed by atoms with E-state index in [0.717, 1.165) is 11.6 Å². The maximum Gasteiger partial charge on any atom is 0.417 e. The molecule has 0 radical (unpaired) electrons. The van der Waals surface area contributed by atoms with Gasteiger partial charge in [0.2, 0.25) is 11.2 Å². The number of aromatic nitrogens is 2. The highest BCUT2D eigenvalue weighted by Crippen LogP contribution is 2.35. The topological polar surface area (TPSA) is 68.0 Å². The molecular formula is C22H16Cl2F3N3O2. The van der Waals surface area contributed by atoms with Gasteiger partial charge in [-0.05, 0) is 47.9 Å². The molecule has 1 aromatic carbocycles. The number of halogens is 5. The summed E-state index contributed by atoms with van der Waals surface area (Å²) in [6, 6.07) is 8.44. The second-order valence-electron chi connectivity index (χ2n) is 6.62. The van der Waals surface area contributed by atoms with E-state index in [9.17, 15) is 18.4 Å². The smallest absolute Gasteiger partial charge is 0.417 e. The zero-order chi connectivity index (χ0) is 23.1. The molecule has 1 aliphatic carbocycles. The number of hydrogen-bond acceptors (Lipinski definition) is 5. The average molecular weight is 482 g/mol. The Kier molecular flexibility index (Phi) is 7.78. The molecule has 0 aliphatic heterocycles. The van der Waals surface area contributed by atoms with Gasteiger partial charge in [-0.2, -0.15) is 23.4 Å². The van der Waals surface area contributed by atoms with Crippen molar-refractivity contribution in [2.24, 2.45) is 0 Å². The molecule has 2 aromatic rings. The van der Waals surface area contributed by atoms with E-state index in [1.165, 1.54) is 12.3 Å². The molecule has 0 saturated carbocycles. The first-order valence-electron chi connectivity index (χ1n) is 9.42. The van der Waals surface area contributed by atoms with Crippen molar-refractivity contribution in [3.05, 3.63) is 81.5 Å². The quantitative estimate of drug-likeness (QED) is 0.453. The molecule has 3 rings (SSSR count). The van der Waals surface area contributed by atoms with E-state index in [0.29, 0.717) is 18.7 Å². The van der Waals surface area contributed by atoms with E-state index in [2.05, 4.69) is 9.97 Å². The summed E-state index contributed by atoms with van der Waals surface area (Å²) in [4.78, 5) is 7.68. The SMILES string of the molecule is N#Cc1cc(CCOc2ccnc(Cl)n2)ccc1O/C1=C/C(C(F)(F)F)=C(Cl)\C=C/CC1. The molecule has 0 spiro atoms. The lowest BCUT2D eigenvalue weighted by Gasteiger charge is -2.16. The van der Waals surface area contributed by atoms with Gasteiger partial charge in [-0.15, -0.1) is 0 Å². The van der Waals surface area contributed by atoms with Gasteiger partial charge in [0.15, 0.2) is 0 Å². The first-order valence-corrected chi connectivity index (χ1v) is 10.2. The van der Waals surface area contributed by atoms with Crippen LogP contribution in [0.3, 0.4) is 0 Å². The highest BCUT2D eigenvalue weighted by molar-refractivity contribution is 6.31. The number of alkyl halides is 3. The molecule has 10 heteroatoms. The molecule has 0 fully saturated rings. The molecule has 0 saturated heterocycles. The number of nitrogens with zero attached hydrogens (tertiary/aromatic N) is 3. The van der Waals surface area contributed by atoms with Crippen molar-refractivity contribution in [1.82, 2.24) is 9.97 Å². The van der Waals surface area contributed by atoms with Crippen molar-refractivity contribution in [3.63, 3.8) is 0 Å². The maximum atomic E-state index is 13.3. The summed E-state index contributed by atoms with van der Waals surface area (Å²) in [7, 11) is 0. The van der Waals surface area contributed by atoms with E-state index in [-0.39, 0.29) is 35.4 Å². The van der Waals surface area contributed by atoms with Gasteiger partial charge in [0.25, 0.3) is 0 Å². The molecule has 0 amide bonds. The monoisotopic (exact) mass is 481 g/mol. The van der Waals surface area contributed by atoms with Gasteiger partial charge in [0.05, 0.1) is 22.8 Å². The Morgan fingerprint density at radius 2 is 2.00 bits per heavy atom. The second kappa shape index (κ2) is 10.5. The van der Waals surface area contributed by atoms with Crippen LogP contribution in [0.15, 0.2) is 65.1 Å². The molecule has 1 heterocycles. The van der Waals surface area contributed by atoms with Crippen molar-refractivity contribution in [2.75, 3.05) is 6.61 Å². The number of rotatable bonds is 6. The summed E-state index contributed by atoms with van der Waals surface area (Å²) in [5.74, 6) is 0.546. The Bertz CT molecular complexity index is 1120. The van der Waals surface area contributed by atoms with E-state index in [1.54, 1.807) is 30.3 Å². The van der Waals surface area contributed by atoms with E-state index in [4.69, 9.17) is 32.7 Å². The lowest BCUT2D eigenvalue weighted by Crippen LogP contribution is -2.13. The van der Waals surface area contributed by atoms with Crippen LogP contribution in [0, 0.1) is 11.3 Å². The number of nitriles is 1. The van der Waals surface area contributed by atoms with Crippen LogP contribution < -0.4 is 9.47 Å². The Labute approximate surface area is 192 Å². The maximum absolute atomic E-state index is 13.3. The number of allylic oxidation sites excluding steroid dienone is 6. The number of ether oxygens (including phenoxy) is 2. The van der Waals surface area contributed by atoms with Crippen molar-refractivity contribution in [3.8, 4) is 17.7 Å². The zero-order valence-electron chi connectivity index (χ0n) is 16.5. The Morgan fingerprint density at radius 1 is 1.19 bits per heavy atom. The third kappa shape index (κ3) is 6.49. The standard InChI is InChI=1S/C22H16Cl2F3N3O2/c23-18-4-2-1-3-16(12-17(18)22(25,26)27)32-19-6-5-14(11-15(19)13-28)8-10-31-20-7-9-29-21(24)30-20/h2,4-7,9,11-12H,1,3,8,10H2/b4-2-,16-12+,18-17-. The average Bonchev–Trinajstić information content (AvgIpc) is 2.73. The van der Waals surface area contributed by atoms with E-state index in [1.807, 2.05) is 6.07 Å². The summed E-state index contributed by atoms with van der Waals surface area (Å²) in [6.45, 7) is 0.272. The number of hydrogen-bond donors (Lipinski definition) is 0.